The van der Waals surface area contributed by atoms with Crippen LogP contribution in [0.2, 0.25) is 0 Å². The van der Waals surface area contributed by atoms with Crippen LogP contribution in [0, 0.1) is 18.6 Å². The number of para-hydroxylation sites is 1. The standard InChI is InChI=1S/C25H24F2N4O2/c1-17-8-11-23(22(14-17)29-24(32)28-20-6-3-2-4-7-20)31-13-5-12-30(25(31)33)16-18-15-19(26)9-10-21(18)27/h2-4,6-11,14-15H,5,12-13,16H2,1H3,(H2,28,29,32). The average Bonchev–Trinajstić information content (AvgIpc) is 2.79. The smallest absolute Gasteiger partial charge is 0.320 e. The Labute approximate surface area is 190 Å². The zero-order valence-electron chi connectivity index (χ0n) is 18.1. The summed E-state index contributed by atoms with van der Waals surface area (Å²) in [5, 5.41) is 5.59. The lowest BCUT2D eigenvalue weighted by molar-refractivity contribution is 0.191. The van der Waals surface area contributed by atoms with Crippen molar-refractivity contribution < 1.29 is 18.4 Å². The number of nitrogens with zero attached hydrogens (tertiary/aromatic N) is 2. The number of halogens is 2. The fourth-order valence-corrected chi connectivity index (χ4v) is 3.81. The third kappa shape index (κ3) is 5.28. The molecule has 4 rings (SSSR count). The summed E-state index contributed by atoms with van der Waals surface area (Å²) in [6.45, 7) is 2.72. The Morgan fingerprint density at radius 3 is 2.55 bits per heavy atom. The number of anilines is 3. The van der Waals surface area contributed by atoms with Gasteiger partial charge in [0, 0.05) is 24.3 Å². The molecule has 33 heavy (non-hydrogen) atoms. The molecule has 0 radical (unpaired) electrons. The van der Waals surface area contributed by atoms with Crippen LogP contribution < -0.4 is 15.5 Å². The minimum absolute atomic E-state index is 0.0396. The van der Waals surface area contributed by atoms with Crippen LogP contribution in [-0.4, -0.2) is 30.1 Å². The maximum absolute atomic E-state index is 14.1. The van der Waals surface area contributed by atoms with Crippen LogP contribution in [0.1, 0.15) is 17.5 Å². The molecule has 0 aliphatic carbocycles. The number of rotatable bonds is 5. The Kier molecular flexibility index (Phi) is 6.53. The third-order valence-corrected chi connectivity index (χ3v) is 5.40. The Bertz CT molecular complexity index is 1170. The van der Waals surface area contributed by atoms with Gasteiger partial charge in [-0.3, -0.25) is 4.90 Å². The lowest BCUT2D eigenvalue weighted by Crippen LogP contribution is -2.49. The fourth-order valence-electron chi connectivity index (χ4n) is 3.81. The van der Waals surface area contributed by atoms with Crippen LogP contribution in [-0.2, 0) is 6.54 Å². The van der Waals surface area contributed by atoms with Gasteiger partial charge in [-0.15, -0.1) is 0 Å². The molecule has 2 N–H and O–H groups in total. The highest BCUT2D eigenvalue weighted by Gasteiger charge is 2.29. The van der Waals surface area contributed by atoms with E-state index in [0.717, 1.165) is 23.8 Å². The number of benzene rings is 3. The number of carbonyl (C=O) groups excluding carboxylic acids is 2. The molecule has 0 spiro atoms. The molecule has 8 heteroatoms. The summed E-state index contributed by atoms with van der Waals surface area (Å²) in [5.74, 6) is -1.11. The van der Waals surface area contributed by atoms with E-state index >= 15 is 0 Å². The van der Waals surface area contributed by atoms with Gasteiger partial charge in [-0.1, -0.05) is 24.3 Å². The van der Waals surface area contributed by atoms with E-state index in [1.807, 2.05) is 31.2 Å². The Balaban J connectivity index is 1.54. The number of amides is 4. The van der Waals surface area contributed by atoms with Crippen molar-refractivity contribution in [2.75, 3.05) is 28.6 Å². The van der Waals surface area contributed by atoms with Gasteiger partial charge in [0.15, 0.2) is 0 Å². The van der Waals surface area contributed by atoms with Crippen LogP contribution in [0.25, 0.3) is 0 Å². The first kappa shape index (κ1) is 22.3. The molecule has 6 nitrogen and oxygen atoms in total. The van der Waals surface area contributed by atoms with E-state index in [0.29, 0.717) is 36.6 Å². The molecule has 0 aromatic heterocycles. The minimum Gasteiger partial charge on any atom is -0.320 e. The average molecular weight is 450 g/mol. The molecule has 1 heterocycles. The van der Waals surface area contributed by atoms with Crippen molar-refractivity contribution in [1.29, 1.82) is 0 Å². The Morgan fingerprint density at radius 1 is 0.970 bits per heavy atom. The summed E-state index contributed by atoms with van der Waals surface area (Å²) >= 11 is 0. The second-order valence-corrected chi connectivity index (χ2v) is 7.91. The lowest BCUT2D eigenvalue weighted by Gasteiger charge is -2.36. The molecule has 3 aromatic rings. The molecule has 170 valence electrons. The molecule has 0 saturated carbocycles. The zero-order chi connectivity index (χ0) is 23.4. The van der Waals surface area contributed by atoms with Gasteiger partial charge >= 0.3 is 12.1 Å². The topological polar surface area (TPSA) is 64.7 Å². The normalized spacial score (nSPS) is 13.7. The first-order valence-electron chi connectivity index (χ1n) is 10.6. The van der Waals surface area contributed by atoms with Crippen LogP contribution in [0.15, 0.2) is 66.7 Å². The molecule has 0 bridgehead atoms. The molecule has 1 fully saturated rings. The van der Waals surface area contributed by atoms with Crippen molar-refractivity contribution in [2.24, 2.45) is 0 Å². The number of nitrogens with one attached hydrogen (secondary N) is 2. The van der Waals surface area contributed by atoms with Crippen molar-refractivity contribution in [3.05, 3.63) is 89.5 Å². The van der Waals surface area contributed by atoms with E-state index in [1.54, 1.807) is 29.2 Å². The van der Waals surface area contributed by atoms with Gasteiger partial charge in [0.25, 0.3) is 0 Å². The number of hydrogen-bond donors (Lipinski definition) is 2. The molecule has 4 amide bonds. The third-order valence-electron chi connectivity index (χ3n) is 5.40. The van der Waals surface area contributed by atoms with E-state index in [9.17, 15) is 18.4 Å². The Morgan fingerprint density at radius 2 is 1.76 bits per heavy atom. The Hall–Kier alpha value is -3.94. The van der Waals surface area contributed by atoms with Crippen LogP contribution in [0.4, 0.5) is 35.4 Å². The molecular weight excluding hydrogens is 426 g/mol. The highest BCUT2D eigenvalue weighted by molar-refractivity contribution is 6.04. The fraction of sp³-hybridized carbons (Fsp3) is 0.200. The first-order valence-corrected chi connectivity index (χ1v) is 10.6. The van der Waals surface area contributed by atoms with Crippen LogP contribution in [0.3, 0.4) is 0 Å². The van der Waals surface area contributed by atoms with Gasteiger partial charge in [-0.2, -0.15) is 0 Å². The van der Waals surface area contributed by atoms with Gasteiger partial charge in [-0.25, -0.2) is 18.4 Å². The van der Waals surface area contributed by atoms with E-state index in [4.69, 9.17) is 0 Å². The molecule has 3 aromatic carbocycles. The highest BCUT2D eigenvalue weighted by Crippen LogP contribution is 2.31. The zero-order valence-corrected chi connectivity index (χ0v) is 18.1. The summed E-state index contributed by atoms with van der Waals surface area (Å²) in [7, 11) is 0. The summed E-state index contributed by atoms with van der Waals surface area (Å²) < 4.78 is 27.7. The van der Waals surface area contributed by atoms with Gasteiger partial charge < -0.3 is 15.5 Å². The molecule has 1 saturated heterocycles. The minimum atomic E-state index is -0.559. The van der Waals surface area contributed by atoms with Crippen molar-refractivity contribution in [3.63, 3.8) is 0 Å². The van der Waals surface area contributed by atoms with E-state index in [-0.39, 0.29) is 18.1 Å². The van der Waals surface area contributed by atoms with Crippen LogP contribution in [0.5, 0.6) is 0 Å². The monoisotopic (exact) mass is 450 g/mol. The van der Waals surface area contributed by atoms with Gasteiger partial charge in [0.1, 0.15) is 11.6 Å². The summed E-state index contributed by atoms with van der Waals surface area (Å²) in [5.41, 5.74) is 2.70. The van der Waals surface area contributed by atoms with Crippen molar-refractivity contribution in [2.45, 2.75) is 19.9 Å². The van der Waals surface area contributed by atoms with E-state index < -0.39 is 17.7 Å². The molecule has 1 aliphatic rings. The quantitative estimate of drug-likeness (QED) is 0.520. The first-order chi connectivity index (χ1) is 15.9. The number of urea groups is 2. The maximum Gasteiger partial charge on any atom is 0.324 e. The highest BCUT2D eigenvalue weighted by atomic mass is 19.1. The predicted molar refractivity (Wildman–Crippen MR) is 124 cm³/mol. The van der Waals surface area contributed by atoms with E-state index in [1.165, 1.54) is 4.90 Å². The number of aryl methyl sites for hydroxylation is 1. The van der Waals surface area contributed by atoms with Gasteiger partial charge in [0.2, 0.25) is 0 Å². The maximum atomic E-state index is 14.1. The molecule has 1 aliphatic heterocycles. The van der Waals surface area contributed by atoms with Crippen molar-refractivity contribution >= 4 is 29.1 Å². The lowest BCUT2D eigenvalue weighted by atomic mass is 10.1. The molecule has 0 atom stereocenters. The van der Waals surface area contributed by atoms with E-state index in [2.05, 4.69) is 10.6 Å². The molecular formula is C25H24F2N4O2. The van der Waals surface area contributed by atoms with Crippen molar-refractivity contribution in [3.8, 4) is 0 Å². The second-order valence-electron chi connectivity index (χ2n) is 7.91. The van der Waals surface area contributed by atoms with Crippen LogP contribution >= 0.6 is 0 Å². The van der Waals surface area contributed by atoms with Crippen molar-refractivity contribution in [1.82, 2.24) is 4.90 Å². The summed E-state index contributed by atoms with van der Waals surface area (Å²) in [6.07, 6.45) is 0.645. The van der Waals surface area contributed by atoms with Gasteiger partial charge in [-0.05, 0) is 61.4 Å². The predicted octanol–water partition coefficient (Wildman–Crippen LogP) is 5.75. The SMILES string of the molecule is Cc1ccc(N2CCCN(Cc3cc(F)ccc3F)C2=O)c(NC(=O)Nc2ccccc2)c1. The molecule has 0 unspecified atom stereocenters. The second kappa shape index (κ2) is 9.68. The largest absolute Gasteiger partial charge is 0.324 e. The van der Waals surface area contributed by atoms with Gasteiger partial charge in [0.05, 0.1) is 17.9 Å². The number of hydrogen-bond acceptors (Lipinski definition) is 2. The summed E-state index contributed by atoms with van der Waals surface area (Å²) in [4.78, 5) is 28.9. The summed E-state index contributed by atoms with van der Waals surface area (Å²) in [6, 6.07) is 16.9. The number of carbonyl (C=O) groups is 2.